The SMILES string of the molecule is Cc1cc(-c2nc3ncc(C(=O)O)cc3[nH]2)ccc1Br. The second kappa shape index (κ2) is 4.72. The van der Waals surface area contributed by atoms with Crippen molar-refractivity contribution >= 4 is 33.1 Å². The molecule has 0 amide bonds. The van der Waals surface area contributed by atoms with Crippen LogP contribution in [0.4, 0.5) is 0 Å². The number of hydrogen-bond acceptors (Lipinski definition) is 3. The van der Waals surface area contributed by atoms with Gasteiger partial charge in [-0.05, 0) is 30.7 Å². The summed E-state index contributed by atoms with van der Waals surface area (Å²) >= 11 is 3.45. The predicted molar refractivity (Wildman–Crippen MR) is 78.7 cm³/mol. The highest BCUT2D eigenvalue weighted by molar-refractivity contribution is 9.10. The molecular weight excluding hydrogens is 322 g/mol. The molecule has 2 aromatic heterocycles. The van der Waals surface area contributed by atoms with Crippen molar-refractivity contribution < 1.29 is 9.90 Å². The highest BCUT2D eigenvalue weighted by Crippen LogP contribution is 2.24. The van der Waals surface area contributed by atoms with Crippen LogP contribution in [0.15, 0.2) is 34.9 Å². The van der Waals surface area contributed by atoms with Crippen molar-refractivity contribution in [2.24, 2.45) is 0 Å². The second-order valence-corrected chi connectivity index (χ2v) is 5.30. The van der Waals surface area contributed by atoms with Crippen LogP contribution in [0.5, 0.6) is 0 Å². The fourth-order valence-corrected chi connectivity index (χ4v) is 2.19. The van der Waals surface area contributed by atoms with Crippen molar-refractivity contribution in [3.8, 4) is 11.4 Å². The predicted octanol–water partition coefficient (Wildman–Crippen LogP) is 3.39. The Morgan fingerprint density at radius 1 is 1.35 bits per heavy atom. The van der Waals surface area contributed by atoms with Gasteiger partial charge in [0.05, 0.1) is 11.1 Å². The number of pyridine rings is 1. The fraction of sp³-hybridized carbons (Fsp3) is 0.0714. The standard InChI is InChI=1S/C14H10BrN3O2/c1-7-4-8(2-3-10(7)15)12-17-11-5-9(14(19)20)6-16-13(11)18-12/h2-6H,1H3,(H,19,20)(H,16,17,18). The zero-order chi connectivity index (χ0) is 14.3. The lowest BCUT2D eigenvalue weighted by Crippen LogP contribution is -1.96. The van der Waals surface area contributed by atoms with Crippen molar-refractivity contribution in [1.82, 2.24) is 15.0 Å². The first-order valence-electron chi connectivity index (χ1n) is 5.90. The lowest BCUT2D eigenvalue weighted by Gasteiger charge is -2.00. The molecule has 0 spiro atoms. The van der Waals surface area contributed by atoms with Gasteiger partial charge in [0.2, 0.25) is 0 Å². The molecule has 100 valence electrons. The van der Waals surface area contributed by atoms with Crippen LogP contribution in [-0.4, -0.2) is 26.0 Å². The van der Waals surface area contributed by atoms with E-state index in [1.165, 1.54) is 12.3 Å². The number of aromatic nitrogens is 3. The molecule has 1 aromatic carbocycles. The quantitative estimate of drug-likeness (QED) is 0.754. The normalized spacial score (nSPS) is 10.9. The summed E-state index contributed by atoms with van der Waals surface area (Å²) in [4.78, 5) is 22.5. The van der Waals surface area contributed by atoms with Gasteiger partial charge in [-0.3, -0.25) is 0 Å². The highest BCUT2D eigenvalue weighted by atomic mass is 79.9. The minimum absolute atomic E-state index is 0.139. The number of aromatic carboxylic acids is 1. The molecule has 0 unspecified atom stereocenters. The summed E-state index contributed by atoms with van der Waals surface area (Å²) in [6, 6.07) is 7.42. The zero-order valence-corrected chi connectivity index (χ0v) is 12.1. The average molecular weight is 332 g/mol. The second-order valence-electron chi connectivity index (χ2n) is 4.45. The van der Waals surface area contributed by atoms with Gasteiger partial charge in [-0.1, -0.05) is 22.0 Å². The topological polar surface area (TPSA) is 78.9 Å². The van der Waals surface area contributed by atoms with E-state index in [0.717, 1.165) is 15.6 Å². The van der Waals surface area contributed by atoms with Gasteiger partial charge in [0, 0.05) is 16.2 Å². The van der Waals surface area contributed by atoms with Gasteiger partial charge in [0.15, 0.2) is 5.65 Å². The lowest BCUT2D eigenvalue weighted by molar-refractivity contribution is 0.0696. The smallest absolute Gasteiger partial charge is 0.337 e. The third kappa shape index (κ3) is 2.18. The van der Waals surface area contributed by atoms with Crippen LogP contribution in [-0.2, 0) is 0 Å². The van der Waals surface area contributed by atoms with Crippen molar-refractivity contribution in [2.75, 3.05) is 0 Å². The molecular formula is C14H10BrN3O2. The molecule has 0 aliphatic heterocycles. The van der Waals surface area contributed by atoms with Crippen LogP contribution in [0.3, 0.4) is 0 Å². The number of imidazole rings is 1. The molecule has 0 saturated heterocycles. The molecule has 2 N–H and O–H groups in total. The van der Waals surface area contributed by atoms with Crippen LogP contribution in [0.2, 0.25) is 0 Å². The van der Waals surface area contributed by atoms with Crippen LogP contribution in [0, 0.1) is 6.92 Å². The Hall–Kier alpha value is -2.21. The van der Waals surface area contributed by atoms with Gasteiger partial charge in [-0.25, -0.2) is 14.8 Å². The first kappa shape index (κ1) is 12.8. The van der Waals surface area contributed by atoms with Crippen LogP contribution >= 0.6 is 15.9 Å². The number of fused-ring (bicyclic) bond motifs is 1. The van der Waals surface area contributed by atoms with Gasteiger partial charge >= 0.3 is 5.97 Å². The number of carboxylic acids is 1. The Morgan fingerprint density at radius 3 is 2.85 bits per heavy atom. The first-order chi connectivity index (χ1) is 9.54. The molecule has 2 heterocycles. The zero-order valence-electron chi connectivity index (χ0n) is 10.5. The summed E-state index contributed by atoms with van der Waals surface area (Å²) in [5, 5.41) is 8.96. The summed E-state index contributed by atoms with van der Waals surface area (Å²) in [6.07, 6.45) is 1.31. The maximum absolute atomic E-state index is 10.9. The number of nitrogens with one attached hydrogen (secondary N) is 1. The van der Waals surface area contributed by atoms with E-state index in [9.17, 15) is 4.79 Å². The van der Waals surface area contributed by atoms with E-state index < -0.39 is 5.97 Å². The van der Waals surface area contributed by atoms with E-state index in [-0.39, 0.29) is 5.56 Å². The number of aryl methyl sites for hydroxylation is 1. The number of carboxylic acid groups (broad SMARTS) is 1. The number of H-pyrrole nitrogens is 1. The summed E-state index contributed by atoms with van der Waals surface area (Å²) in [6.45, 7) is 2.00. The monoisotopic (exact) mass is 331 g/mol. The molecule has 5 nitrogen and oxygen atoms in total. The number of nitrogens with zero attached hydrogens (tertiary/aromatic N) is 2. The summed E-state index contributed by atoms with van der Waals surface area (Å²) in [5.74, 6) is -0.333. The van der Waals surface area contributed by atoms with Crippen molar-refractivity contribution in [3.05, 3.63) is 46.1 Å². The van der Waals surface area contributed by atoms with Gasteiger partial charge in [0.25, 0.3) is 0 Å². The van der Waals surface area contributed by atoms with Gasteiger partial charge < -0.3 is 10.1 Å². The Morgan fingerprint density at radius 2 is 2.15 bits per heavy atom. The Bertz CT molecular complexity index is 826. The van der Waals surface area contributed by atoms with Crippen molar-refractivity contribution in [3.63, 3.8) is 0 Å². The minimum atomic E-state index is -1.00. The largest absolute Gasteiger partial charge is 0.478 e. The lowest BCUT2D eigenvalue weighted by atomic mass is 10.1. The number of halogens is 1. The summed E-state index contributed by atoms with van der Waals surface area (Å²) < 4.78 is 1.03. The third-order valence-corrected chi connectivity index (χ3v) is 3.91. The number of benzene rings is 1. The van der Waals surface area contributed by atoms with E-state index in [1.54, 1.807) is 0 Å². The molecule has 0 aliphatic rings. The molecule has 0 radical (unpaired) electrons. The Kier molecular flexibility index (Phi) is 3.02. The molecule has 0 bridgehead atoms. The Labute approximate surface area is 122 Å². The fourth-order valence-electron chi connectivity index (χ4n) is 1.95. The van der Waals surface area contributed by atoms with Gasteiger partial charge in [-0.2, -0.15) is 0 Å². The number of carbonyl (C=O) groups is 1. The van der Waals surface area contributed by atoms with Crippen LogP contribution in [0.25, 0.3) is 22.6 Å². The number of hydrogen-bond donors (Lipinski definition) is 2. The van der Waals surface area contributed by atoms with E-state index in [1.807, 2.05) is 25.1 Å². The number of aromatic amines is 1. The molecule has 0 atom stereocenters. The highest BCUT2D eigenvalue weighted by Gasteiger charge is 2.10. The molecule has 3 rings (SSSR count). The third-order valence-electron chi connectivity index (χ3n) is 3.02. The summed E-state index contributed by atoms with van der Waals surface area (Å²) in [5.41, 5.74) is 3.29. The van der Waals surface area contributed by atoms with E-state index in [2.05, 4.69) is 30.9 Å². The van der Waals surface area contributed by atoms with Crippen LogP contribution < -0.4 is 0 Å². The van der Waals surface area contributed by atoms with Gasteiger partial charge in [-0.15, -0.1) is 0 Å². The van der Waals surface area contributed by atoms with Crippen molar-refractivity contribution in [1.29, 1.82) is 0 Å². The minimum Gasteiger partial charge on any atom is -0.478 e. The van der Waals surface area contributed by atoms with Crippen LogP contribution in [0.1, 0.15) is 15.9 Å². The molecule has 0 saturated carbocycles. The molecule has 20 heavy (non-hydrogen) atoms. The molecule has 3 aromatic rings. The molecule has 0 fully saturated rings. The van der Waals surface area contributed by atoms with Crippen molar-refractivity contribution in [2.45, 2.75) is 6.92 Å². The number of rotatable bonds is 2. The summed E-state index contributed by atoms with van der Waals surface area (Å²) in [7, 11) is 0. The maximum Gasteiger partial charge on any atom is 0.337 e. The molecule has 6 heteroatoms. The molecule has 0 aliphatic carbocycles. The van der Waals surface area contributed by atoms with E-state index in [4.69, 9.17) is 5.11 Å². The van der Waals surface area contributed by atoms with Gasteiger partial charge in [0.1, 0.15) is 5.82 Å². The van der Waals surface area contributed by atoms with E-state index in [0.29, 0.717) is 17.0 Å². The Balaban J connectivity index is 2.12. The first-order valence-corrected chi connectivity index (χ1v) is 6.69. The maximum atomic E-state index is 10.9. The average Bonchev–Trinajstić information content (AvgIpc) is 2.84. The van der Waals surface area contributed by atoms with E-state index >= 15 is 0 Å².